The first-order valence-electron chi connectivity index (χ1n) is 6.98. The number of benzene rings is 2. The highest BCUT2D eigenvalue weighted by Crippen LogP contribution is 2.30. The van der Waals surface area contributed by atoms with Crippen LogP contribution < -0.4 is 4.74 Å². The molecule has 0 fully saturated rings. The van der Waals surface area contributed by atoms with E-state index in [9.17, 15) is 0 Å². The predicted molar refractivity (Wildman–Crippen MR) is 83.5 cm³/mol. The number of rotatable bonds is 3. The number of hydrogen-bond acceptors (Lipinski definition) is 3. The molecule has 3 rings (SSSR count). The maximum absolute atomic E-state index is 9.10. The van der Waals surface area contributed by atoms with E-state index >= 15 is 0 Å². The van der Waals surface area contributed by atoms with E-state index in [1.807, 2.05) is 42.5 Å². The highest BCUT2D eigenvalue weighted by Gasteiger charge is 2.19. The minimum absolute atomic E-state index is 0.499. The van der Waals surface area contributed by atoms with E-state index < -0.39 is 0 Å². The van der Waals surface area contributed by atoms with Gasteiger partial charge in [0, 0.05) is 16.1 Å². The van der Waals surface area contributed by atoms with Gasteiger partial charge in [-0.25, -0.2) is 0 Å². The average Bonchev–Trinajstić information content (AvgIpc) is 2.53. The molecule has 1 N–H and O–H groups in total. The third-order valence-corrected chi connectivity index (χ3v) is 3.96. The van der Waals surface area contributed by atoms with Crippen molar-refractivity contribution in [3.63, 3.8) is 0 Å². The van der Waals surface area contributed by atoms with Gasteiger partial charge in [0.15, 0.2) is 0 Å². The Balaban J connectivity index is 1.81. The van der Waals surface area contributed by atoms with E-state index in [4.69, 9.17) is 21.5 Å². The maximum atomic E-state index is 9.10. The number of halogens is 1. The molecule has 0 saturated carbocycles. The molecule has 108 valence electrons. The van der Waals surface area contributed by atoms with Gasteiger partial charge in [0.2, 0.25) is 0 Å². The summed E-state index contributed by atoms with van der Waals surface area (Å²) in [5.41, 5.74) is 3.94. The molecule has 0 aliphatic heterocycles. The van der Waals surface area contributed by atoms with Gasteiger partial charge in [0.1, 0.15) is 12.4 Å². The van der Waals surface area contributed by atoms with Crippen LogP contribution in [0.1, 0.15) is 29.5 Å². The second kappa shape index (κ2) is 6.19. The van der Waals surface area contributed by atoms with Gasteiger partial charge < -0.3 is 9.94 Å². The number of nitrogens with zero attached hydrogens (tertiary/aromatic N) is 1. The maximum Gasteiger partial charge on any atom is 0.123 e. The normalized spacial score (nSPS) is 15.8. The van der Waals surface area contributed by atoms with Crippen LogP contribution in [0.3, 0.4) is 0 Å². The second-order valence-electron chi connectivity index (χ2n) is 5.10. The van der Waals surface area contributed by atoms with Crippen molar-refractivity contribution in [3.05, 3.63) is 64.2 Å². The summed E-state index contributed by atoms with van der Waals surface area (Å²) < 4.78 is 5.94. The molecular formula is C17H16ClNO2. The van der Waals surface area contributed by atoms with Gasteiger partial charge in [0.05, 0.1) is 5.71 Å². The van der Waals surface area contributed by atoms with Crippen molar-refractivity contribution >= 4 is 17.3 Å². The van der Waals surface area contributed by atoms with Crippen LogP contribution in [0.25, 0.3) is 0 Å². The van der Waals surface area contributed by atoms with Crippen molar-refractivity contribution in [3.8, 4) is 5.75 Å². The molecule has 21 heavy (non-hydrogen) atoms. The molecule has 0 spiro atoms. The van der Waals surface area contributed by atoms with Crippen LogP contribution in [0.4, 0.5) is 0 Å². The highest BCUT2D eigenvalue weighted by atomic mass is 35.5. The Kier molecular flexibility index (Phi) is 4.11. The monoisotopic (exact) mass is 301 g/mol. The third kappa shape index (κ3) is 3.03. The fourth-order valence-corrected chi connectivity index (χ4v) is 2.77. The van der Waals surface area contributed by atoms with E-state index in [-0.39, 0.29) is 0 Å². The number of hydrogen-bond donors (Lipinski definition) is 1. The summed E-state index contributed by atoms with van der Waals surface area (Å²) in [6.07, 6.45) is 2.74. The van der Waals surface area contributed by atoms with Gasteiger partial charge in [-0.15, -0.1) is 0 Å². The van der Waals surface area contributed by atoms with Gasteiger partial charge >= 0.3 is 0 Å². The van der Waals surface area contributed by atoms with Crippen molar-refractivity contribution in [2.24, 2.45) is 5.16 Å². The molecule has 0 unspecified atom stereocenters. The van der Waals surface area contributed by atoms with Crippen LogP contribution in [0.15, 0.2) is 47.6 Å². The molecule has 2 aromatic rings. The summed E-state index contributed by atoms with van der Waals surface area (Å²) in [5, 5.41) is 13.2. The van der Waals surface area contributed by atoms with Crippen molar-refractivity contribution in [2.45, 2.75) is 25.9 Å². The van der Waals surface area contributed by atoms with Crippen LogP contribution in [-0.4, -0.2) is 10.9 Å². The average molecular weight is 302 g/mol. The minimum Gasteiger partial charge on any atom is -0.489 e. The molecule has 4 heteroatoms. The lowest BCUT2D eigenvalue weighted by Gasteiger charge is -2.20. The van der Waals surface area contributed by atoms with Crippen molar-refractivity contribution in [1.29, 1.82) is 0 Å². The van der Waals surface area contributed by atoms with Crippen LogP contribution in [0.5, 0.6) is 5.75 Å². The Morgan fingerprint density at radius 3 is 2.67 bits per heavy atom. The first kappa shape index (κ1) is 14.0. The van der Waals surface area contributed by atoms with Gasteiger partial charge in [-0.3, -0.25) is 0 Å². The SMILES string of the molecule is ON=C1CCCc2c(OCc3ccc(Cl)cc3)cccc21. The fraction of sp³-hybridized carbons (Fsp3) is 0.235. The summed E-state index contributed by atoms with van der Waals surface area (Å²) >= 11 is 5.88. The second-order valence-corrected chi connectivity index (χ2v) is 5.53. The molecule has 0 radical (unpaired) electrons. The molecule has 0 heterocycles. The lowest BCUT2D eigenvalue weighted by Crippen LogP contribution is -2.13. The van der Waals surface area contributed by atoms with Crippen molar-refractivity contribution in [1.82, 2.24) is 0 Å². The summed E-state index contributed by atoms with van der Waals surface area (Å²) in [6.45, 7) is 0.499. The van der Waals surface area contributed by atoms with Crippen LogP contribution in [0, 0.1) is 0 Å². The third-order valence-electron chi connectivity index (χ3n) is 3.71. The predicted octanol–water partition coefficient (Wildman–Crippen LogP) is 4.43. The lowest BCUT2D eigenvalue weighted by atomic mass is 9.89. The molecule has 0 saturated heterocycles. The Hall–Kier alpha value is -2.00. The molecule has 0 amide bonds. The topological polar surface area (TPSA) is 41.8 Å². The number of ether oxygens (including phenoxy) is 1. The minimum atomic E-state index is 0.499. The number of fused-ring (bicyclic) bond motifs is 1. The lowest BCUT2D eigenvalue weighted by molar-refractivity contribution is 0.301. The quantitative estimate of drug-likeness (QED) is 0.673. The Bertz CT molecular complexity index is 665. The molecular weight excluding hydrogens is 286 g/mol. The zero-order valence-corrected chi connectivity index (χ0v) is 12.3. The molecule has 1 aliphatic rings. The highest BCUT2D eigenvalue weighted by molar-refractivity contribution is 6.30. The van der Waals surface area contributed by atoms with Crippen LogP contribution >= 0.6 is 11.6 Å². The van der Waals surface area contributed by atoms with E-state index in [0.29, 0.717) is 6.61 Å². The first-order valence-corrected chi connectivity index (χ1v) is 7.36. The van der Waals surface area contributed by atoms with Crippen LogP contribution in [-0.2, 0) is 13.0 Å². The fourth-order valence-electron chi connectivity index (χ4n) is 2.64. The summed E-state index contributed by atoms with van der Waals surface area (Å²) in [6, 6.07) is 13.5. The summed E-state index contributed by atoms with van der Waals surface area (Å²) in [7, 11) is 0. The molecule has 2 aromatic carbocycles. The summed E-state index contributed by atoms with van der Waals surface area (Å²) in [5.74, 6) is 0.864. The van der Waals surface area contributed by atoms with Crippen molar-refractivity contribution < 1.29 is 9.94 Å². The standard InChI is InChI=1S/C17H16ClNO2/c18-13-9-7-12(8-10-13)11-21-17-6-2-3-14-15(17)4-1-5-16(14)19-20/h2-3,6-10,20H,1,4-5,11H2. The van der Waals surface area contributed by atoms with Gasteiger partial charge in [-0.1, -0.05) is 41.0 Å². The summed E-state index contributed by atoms with van der Waals surface area (Å²) in [4.78, 5) is 0. The smallest absolute Gasteiger partial charge is 0.123 e. The van der Waals surface area contributed by atoms with Gasteiger partial charge in [-0.05, 0) is 43.0 Å². The van der Waals surface area contributed by atoms with E-state index in [1.54, 1.807) is 0 Å². The van der Waals surface area contributed by atoms with E-state index in [1.165, 1.54) is 0 Å². The number of oxime groups is 1. The Morgan fingerprint density at radius 2 is 1.90 bits per heavy atom. The van der Waals surface area contributed by atoms with E-state index in [0.717, 1.165) is 52.4 Å². The van der Waals surface area contributed by atoms with Crippen LogP contribution in [0.2, 0.25) is 5.02 Å². The first-order chi connectivity index (χ1) is 10.3. The molecule has 0 aromatic heterocycles. The van der Waals surface area contributed by atoms with E-state index in [2.05, 4.69) is 5.16 Å². The molecule has 0 atom stereocenters. The van der Waals surface area contributed by atoms with Gasteiger partial charge in [-0.2, -0.15) is 0 Å². The van der Waals surface area contributed by atoms with Crippen molar-refractivity contribution in [2.75, 3.05) is 0 Å². The Morgan fingerprint density at radius 1 is 1.10 bits per heavy atom. The largest absolute Gasteiger partial charge is 0.489 e. The van der Waals surface area contributed by atoms with Gasteiger partial charge in [0.25, 0.3) is 0 Å². The molecule has 0 bridgehead atoms. The molecule has 3 nitrogen and oxygen atoms in total. The zero-order chi connectivity index (χ0) is 14.7. The molecule has 1 aliphatic carbocycles. The zero-order valence-electron chi connectivity index (χ0n) is 11.6. The Labute approximate surface area is 128 Å².